The van der Waals surface area contributed by atoms with Gasteiger partial charge in [-0.15, -0.1) is 0 Å². The number of fused-ring (bicyclic) bond motifs is 1. The molecule has 0 unspecified atom stereocenters. The highest BCUT2D eigenvalue weighted by Crippen LogP contribution is 2.42. The molecule has 0 aromatic heterocycles. The number of halogens is 3. The summed E-state index contributed by atoms with van der Waals surface area (Å²) in [5.41, 5.74) is -0.525. The minimum Gasteiger partial charge on any atom is -0.493 e. The zero-order valence-corrected chi connectivity index (χ0v) is 17.0. The van der Waals surface area contributed by atoms with Gasteiger partial charge in [0.1, 0.15) is 11.5 Å². The van der Waals surface area contributed by atoms with Crippen LogP contribution in [-0.2, 0) is 26.1 Å². The molecule has 0 fully saturated rings. The van der Waals surface area contributed by atoms with Crippen LogP contribution in [0.25, 0.3) is 0 Å². The predicted octanol–water partition coefficient (Wildman–Crippen LogP) is 3.22. The van der Waals surface area contributed by atoms with Gasteiger partial charge in [-0.3, -0.25) is 4.79 Å². The van der Waals surface area contributed by atoms with E-state index >= 15 is 0 Å². The zero-order valence-electron chi connectivity index (χ0n) is 16.1. The van der Waals surface area contributed by atoms with Gasteiger partial charge in [0.25, 0.3) is 0 Å². The zero-order chi connectivity index (χ0) is 21.2. The van der Waals surface area contributed by atoms with Crippen LogP contribution in [0.5, 0.6) is 11.5 Å². The van der Waals surface area contributed by atoms with Gasteiger partial charge in [-0.05, 0) is 32.9 Å². The van der Waals surface area contributed by atoms with Gasteiger partial charge in [0.2, 0.25) is 0 Å². The number of methoxy groups -OCH3 is 1. The minimum atomic E-state index is -4.46. The molecule has 1 aromatic rings. The number of carbonyl (C=O) groups is 1. The number of carbonyl (C=O) groups excluding carboxylic acids is 1. The molecule has 0 saturated heterocycles. The molecular formula is C18H24F3NO5S. The second kappa shape index (κ2) is 8.28. The number of rotatable bonds is 6. The molecule has 0 amide bonds. The summed E-state index contributed by atoms with van der Waals surface area (Å²) in [7, 11) is -0.259. The van der Waals surface area contributed by atoms with Gasteiger partial charge < -0.3 is 14.2 Å². The molecule has 10 heteroatoms. The van der Waals surface area contributed by atoms with Crippen LogP contribution < -0.4 is 14.2 Å². The molecular weight excluding hydrogens is 399 g/mol. The molecule has 1 N–H and O–H groups in total. The third-order valence-corrected chi connectivity index (χ3v) is 5.86. The minimum absolute atomic E-state index is 0.0121. The lowest BCUT2D eigenvalue weighted by Gasteiger charge is -2.40. The van der Waals surface area contributed by atoms with Crippen LogP contribution in [0.4, 0.5) is 13.2 Å². The van der Waals surface area contributed by atoms with Crippen molar-refractivity contribution < 1.29 is 36.4 Å². The molecule has 0 aliphatic carbocycles. The van der Waals surface area contributed by atoms with E-state index in [9.17, 15) is 22.2 Å². The average molecular weight is 423 g/mol. The lowest BCUT2D eigenvalue weighted by Crippen LogP contribution is -2.51. The average Bonchev–Trinajstić information content (AvgIpc) is 2.58. The number of nitrogens with one attached hydrogen (secondary N) is 1. The fourth-order valence-corrected chi connectivity index (χ4v) is 3.66. The summed E-state index contributed by atoms with van der Waals surface area (Å²) in [6.07, 6.45) is -4.24. The van der Waals surface area contributed by atoms with Crippen LogP contribution in [-0.4, -0.2) is 41.4 Å². The smallest absolute Gasteiger partial charge is 0.422 e. The molecule has 0 saturated carbocycles. The van der Waals surface area contributed by atoms with E-state index in [0.29, 0.717) is 12.0 Å². The van der Waals surface area contributed by atoms with E-state index in [1.165, 1.54) is 25.3 Å². The van der Waals surface area contributed by atoms with Crippen molar-refractivity contribution in [3.8, 4) is 11.5 Å². The Morgan fingerprint density at radius 2 is 2.00 bits per heavy atom. The molecule has 0 bridgehead atoms. The molecule has 0 radical (unpaired) electrons. The van der Waals surface area contributed by atoms with E-state index in [2.05, 4.69) is 4.72 Å². The largest absolute Gasteiger partial charge is 0.493 e. The Balaban J connectivity index is 2.40. The fraction of sp³-hybridized carbons (Fsp3) is 0.611. The standard InChI is InChI=1S/C18H24F3NO5S/c1-16(2,3)28(24)22-17(10-15(23)25-4)7-8-26-14-9-12(5-6-13(14)17)27-11-18(19,20)21/h5-6,9,22H,7-8,10-11H2,1-4H3/t17-,28-/m0/s1. The van der Waals surface area contributed by atoms with Crippen molar-refractivity contribution in [2.75, 3.05) is 20.3 Å². The molecule has 158 valence electrons. The fourth-order valence-electron chi connectivity index (χ4n) is 2.72. The molecule has 1 aliphatic heterocycles. The van der Waals surface area contributed by atoms with Gasteiger partial charge in [0.15, 0.2) is 6.61 Å². The molecule has 1 aliphatic rings. The molecule has 28 heavy (non-hydrogen) atoms. The van der Waals surface area contributed by atoms with Gasteiger partial charge in [-0.1, -0.05) is 0 Å². The van der Waals surface area contributed by atoms with Crippen LogP contribution in [0.15, 0.2) is 18.2 Å². The van der Waals surface area contributed by atoms with Gasteiger partial charge in [-0.2, -0.15) is 13.2 Å². The Morgan fingerprint density at radius 3 is 2.57 bits per heavy atom. The quantitative estimate of drug-likeness (QED) is 0.712. The monoisotopic (exact) mass is 423 g/mol. The van der Waals surface area contributed by atoms with Crippen molar-refractivity contribution >= 4 is 17.0 Å². The van der Waals surface area contributed by atoms with Gasteiger partial charge in [0.05, 0.1) is 41.4 Å². The van der Waals surface area contributed by atoms with Crippen LogP contribution in [0.2, 0.25) is 0 Å². The van der Waals surface area contributed by atoms with E-state index in [4.69, 9.17) is 14.2 Å². The maximum atomic E-state index is 12.8. The first-order valence-corrected chi connectivity index (χ1v) is 9.75. The van der Waals surface area contributed by atoms with Crippen LogP contribution in [0.3, 0.4) is 0 Å². The van der Waals surface area contributed by atoms with E-state index in [-0.39, 0.29) is 24.5 Å². The first-order chi connectivity index (χ1) is 12.9. The number of esters is 1. The van der Waals surface area contributed by atoms with Crippen LogP contribution >= 0.6 is 0 Å². The third kappa shape index (κ3) is 5.60. The second-order valence-electron chi connectivity index (χ2n) is 7.48. The summed E-state index contributed by atoms with van der Waals surface area (Å²) >= 11 is 0. The first-order valence-electron chi connectivity index (χ1n) is 8.60. The van der Waals surface area contributed by atoms with Crippen molar-refractivity contribution in [1.82, 2.24) is 4.72 Å². The third-order valence-electron chi connectivity index (χ3n) is 4.18. The van der Waals surface area contributed by atoms with Gasteiger partial charge in [-0.25, -0.2) is 8.93 Å². The number of ether oxygens (including phenoxy) is 3. The molecule has 1 aromatic carbocycles. The SMILES string of the molecule is COC(=O)C[C@@]1(N[S@@](=O)C(C)(C)C)CCOc2cc(OCC(F)(F)F)ccc21. The van der Waals surface area contributed by atoms with Gasteiger partial charge >= 0.3 is 12.1 Å². The van der Waals surface area contributed by atoms with E-state index in [1.54, 1.807) is 20.8 Å². The Labute approximate surface area is 164 Å². The highest BCUT2D eigenvalue weighted by atomic mass is 32.2. The lowest BCUT2D eigenvalue weighted by atomic mass is 9.82. The van der Waals surface area contributed by atoms with Gasteiger partial charge in [0, 0.05) is 18.1 Å². The van der Waals surface area contributed by atoms with Crippen LogP contribution in [0, 0.1) is 0 Å². The van der Waals surface area contributed by atoms with Crippen molar-refractivity contribution in [3.63, 3.8) is 0 Å². The summed E-state index contributed by atoms with van der Waals surface area (Å²) < 4.78 is 67.5. The number of hydrogen-bond acceptors (Lipinski definition) is 5. The molecule has 2 atom stereocenters. The highest BCUT2D eigenvalue weighted by molar-refractivity contribution is 7.84. The summed E-state index contributed by atoms with van der Waals surface area (Å²) in [5.74, 6) is -0.251. The second-order valence-corrected chi connectivity index (χ2v) is 9.44. The summed E-state index contributed by atoms with van der Waals surface area (Å²) in [5, 5.41) is 0. The van der Waals surface area contributed by atoms with Crippen molar-refractivity contribution in [2.45, 2.75) is 50.1 Å². The summed E-state index contributed by atoms with van der Waals surface area (Å²) in [6.45, 7) is 4.12. The number of hydrogen-bond donors (Lipinski definition) is 1. The van der Waals surface area contributed by atoms with E-state index in [0.717, 1.165) is 0 Å². The topological polar surface area (TPSA) is 73.9 Å². The maximum Gasteiger partial charge on any atom is 0.422 e. The van der Waals surface area contributed by atoms with Crippen molar-refractivity contribution in [3.05, 3.63) is 23.8 Å². The molecule has 0 spiro atoms. The Hall–Kier alpha value is -1.81. The first kappa shape index (κ1) is 22.5. The number of benzene rings is 1. The molecule has 6 nitrogen and oxygen atoms in total. The highest BCUT2D eigenvalue weighted by Gasteiger charge is 2.43. The summed E-state index contributed by atoms with van der Waals surface area (Å²) in [6, 6.07) is 4.23. The Kier molecular flexibility index (Phi) is 6.65. The number of alkyl halides is 3. The van der Waals surface area contributed by atoms with E-state index < -0.39 is 40.0 Å². The normalized spacial score (nSPS) is 20.7. The van der Waals surface area contributed by atoms with E-state index in [1.807, 2.05) is 0 Å². The summed E-state index contributed by atoms with van der Waals surface area (Å²) in [4.78, 5) is 12.1. The Morgan fingerprint density at radius 1 is 1.32 bits per heavy atom. The van der Waals surface area contributed by atoms with Crippen molar-refractivity contribution in [1.29, 1.82) is 0 Å². The van der Waals surface area contributed by atoms with Crippen molar-refractivity contribution in [2.24, 2.45) is 0 Å². The molecule has 2 rings (SSSR count). The lowest BCUT2D eigenvalue weighted by molar-refractivity contribution is -0.153. The maximum absolute atomic E-state index is 12.8. The Bertz CT molecular complexity index is 748. The molecule has 1 heterocycles. The predicted molar refractivity (Wildman–Crippen MR) is 97.4 cm³/mol. The van der Waals surface area contributed by atoms with Crippen LogP contribution in [0.1, 0.15) is 39.2 Å².